The number of rotatable bonds is 4. The third kappa shape index (κ3) is 2.70. The molecular formula is C17H18N4OS. The van der Waals surface area contributed by atoms with E-state index in [0.717, 1.165) is 35.4 Å². The zero-order valence-electron chi connectivity index (χ0n) is 12.7. The zero-order valence-corrected chi connectivity index (χ0v) is 13.5. The smallest absolute Gasteiger partial charge is 0.253 e. The molecule has 1 aromatic carbocycles. The van der Waals surface area contributed by atoms with E-state index in [2.05, 4.69) is 20.2 Å². The number of nitrogens with zero attached hydrogens (tertiary/aromatic N) is 2. The first-order valence-electron chi connectivity index (χ1n) is 7.83. The summed E-state index contributed by atoms with van der Waals surface area (Å²) in [7, 11) is 0. The van der Waals surface area contributed by atoms with E-state index in [-0.39, 0.29) is 5.91 Å². The lowest BCUT2D eigenvalue weighted by atomic mass is 10.1. The van der Waals surface area contributed by atoms with Crippen LogP contribution in [0.4, 0.5) is 5.13 Å². The summed E-state index contributed by atoms with van der Waals surface area (Å²) in [4.78, 5) is 22.4. The molecule has 0 spiro atoms. The highest BCUT2D eigenvalue weighted by Gasteiger charge is 2.26. The number of hydrogen-bond acceptors (Lipinski definition) is 4. The molecule has 1 amide bonds. The molecule has 1 aliphatic heterocycles. The van der Waals surface area contributed by atoms with Crippen LogP contribution in [0.2, 0.25) is 0 Å². The molecule has 0 aliphatic carbocycles. The number of carbonyl (C=O) groups excluding carboxylic acids is 1. The average molecular weight is 326 g/mol. The second-order valence-electron chi connectivity index (χ2n) is 5.76. The third-order valence-corrected chi connectivity index (χ3v) is 5.18. The molecule has 1 unspecified atom stereocenters. The number of benzene rings is 1. The van der Waals surface area contributed by atoms with Crippen LogP contribution in [0.5, 0.6) is 0 Å². The van der Waals surface area contributed by atoms with E-state index in [1.165, 1.54) is 0 Å². The SMILES string of the molecule is O=C(NCC1CCCN1c1nccs1)c1c[nH]c2ccccc12. The maximum Gasteiger partial charge on any atom is 0.253 e. The van der Waals surface area contributed by atoms with Crippen molar-refractivity contribution in [2.24, 2.45) is 0 Å². The number of thiazole rings is 1. The largest absolute Gasteiger partial charge is 0.360 e. The molecule has 0 saturated carbocycles. The van der Waals surface area contributed by atoms with E-state index in [1.807, 2.05) is 35.8 Å². The van der Waals surface area contributed by atoms with Gasteiger partial charge in [0, 0.05) is 47.8 Å². The zero-order chi connectivity index (χ0) is 15.6. The lowest BCUT2D eigenvalue weighted by molar-refractivity contribution is 0.0953. The Bertz CT molecular complexity index is 811. The number of carbonyl (C=O) groups is 1. The number of fused-ring (bicyclic) bond motifs is 1. The first-order chi connectivity index (χ1) is 11.3. The van der Waals surface area contributed by atoms with Crippen LogP contribution in [0.15, 0.2) is 42.0 Å². The fraction of sp³-hybridized carbons (Fsp3) is 0.294. The van der Waals surface area contributed by atoms with Crippen LogP contribution in [0.25, 0.3) is 10.9 Å². The number of anilines is 1. The highest BCUT2D eigenvalue weighted by Crippen LogP contribution is 2.27. The lowest BCUT2D eigenvalue weighted by Gasteiger charge is -2.24. The minimum absolute atomic E-state index is 0.0200. The third-order valence-electron chi connectivity index (χ3n) is 4.37. The van der Waals surface area contributed by atoms with Crippen molar-refractivity contribution < 1.29 is 4.79 Å². The molecule has 118 valence electrons. The summed E-state index contributed by atoms with van der Waals surface area (Å²) in [6.45, 7) is 1.67. The topological polar surface area (TPSA) is 61.0 Å². The van der Waals surface area contributed by atoms with Crippen molar-refractivity contribution in [1.29, 1.82) is 0 Å². The molecule has 23 heavy (non-hydrogen) atoms. The molecule has 0 bridgehead atoms. The summed E-state index contributed by atoms with van der Waals surface area (Å²) in [5.41, 5.74) is 1.70. The Morgan fingerprint density at radius 3 is 3.22 bits per heavy atom. The van der Waals surface area contributed by atoms with Gasteiger partial charge < -0.3 is 15.2 Å². The van der Waals surface area contributed by atoms with Gasteiger partial charge in [-0.1, -0.05) is 18.2 Å². The van der Waals surface area contributed by atoms with Gasteiger partial charge in [-0.2, -0.15) is 0 Å². The van der Waals surface area contributed by atoms with Crippen LogP contribution in [-0.2, 0) is 0 Å². The van der Waals surface area contributed by atoms with Crippen molar-refractivity contribution in [2.45, 2.75) is 18.9 Å². The Hall–Kier alpha value is -2.34. The normalized spacial score (nSPS) is 17.7. The fourth-order valence-corrected chi connectivity index (χ4v) is 3.96. The Morgan fingerprint density at radius 2 is 2.35 bits per heavy atom. The molecule has 5 nitrogen and oxygen atoms in total. The van der Waals surface area contributed by atoms with Gasteiger partial charge in [0.2, 0.25) is 0 Å². The van der Waals surface area contributed by atoms with E-state index in [0.29, 0.717) is 18.2 Å². The average Bonchev–Trinajstić information content (AvgIpc) is 3.30. The number of aromatic nitrogens is 2. The second-order valence-corrected chi connectivity index (χ2v) is 6.64. The van der Waals surface area contributed by atoms with Crippen molar-refractivity contribution >= 4 is 33.3 Å². The number of amides is 1. The molecule has 1 aliphatic rings. The Kier molecular flexibility index (Phi) is 3.75. The predicted molar refractivity (Wildman–Crippen MR) is 93.1 cm³/mol. The Balaban J connectivity index is 1.45. The van der Waals surface area contributed by atoms with Crippen LogP contribution in [0.3, 0.4) is 0 Å². The Morgan fingerprint density at radius 1 is 1.43 bits per heavy atom. The molecule has 1 atom stereocenters. The minimum Gasteiger partial charge on any atom is -0.360 e. The van der Waals surface area contributed by atoms with Gasteiger partial charge in [-0.15, -0.1) is 11.3 Å². The molecule has 6 heteroatoms. The van der Waals surface area contributed by atoms with E-state index >= 15 is 0 Å². The van der Waals surface area contributed by atoms with E-state index < -0.39 is 0 Å². The van der Waals surface area contributed by atoms with E-state index in [9.17, 15) is 4.79 Å². The number of hydrogen-bond donors (Lipinski definition) is 2. The van der Waals surface area contributed by atoms with Crippen LogP contribution in [-0.4, -0.2) is 35.0 Å². The molecule has 1 saturated heterocycles. The van der Waals surface area contributed by atoms with Crippen LogP contribution in [0.1, 0.15) is 23.2 Å². The number of H-pyrrole nitrogens is 1. The summed E-state index contributed by atoms with van der Waals surface area (Å²) >= 11 is 1.65. The van der Waals surface area contributed by atoms with Crippen molar-refractivity contribution in [3.05, 3.63) is 47.6 Å². The molecule has 1 fully saturated rings. The summed E-state index contributed by atoms with van der Waals surface area (Å²) in [6.07, 6.45) is 5.86. The van der Waals surface area contributed by atoms with Gasteiger partial charge in [0.15, 0.2) is 5.13 Å². The first-order valence-corrected chi connectivity index (χ1v) is 8.71. The maximum absolute atomic E-state index is 12.5. The highest BCUT2D eigenvalue weighted by molar-refractivity contribution is 7.13. The molecule has 4 rings (SSSR count). The maximum atomic E-state index is 12.5. The summed E-state index contributed by atoms with van der Waals surface area (Å²) in [6, 6.07) is 8.19. The van der Waals surface area contributed by atoms with Gasteiger partial charge in [-0.3, -0.25) is 4.79 Å². The molecule has 3 aromatic rings. The number of para-hydroxylation sites is 1. The standard InChI is InChI=1S/C17H18N4OS/c22-16(14-11-19-15-6-2-1-5-13(14)15)20-10-12-4-3-8-21(12)17-18-7-9-23-17/h1-2,5-7,9,11-12,19H,3-4,8,10H2,(H,20,22). The minimum atomic E-state index is -0.0200. The van der Waals surface area contributed by atoms with E-state index in [4.69, 9.17) is 0 Å². The van der Waals surface area contributed by atoms with Gasteiger partial charge in [0.25, 0.3) is 5.91 Å². The van der Waals surface area contributed by atoms with Gasteiger partial charge in [0.05, 0.1) is 5.56 Å². The first kappa shape index (κ1) is 14.3. The predicted octanol–water partition coefficient (Wildman–Crippen LogP) is 3.02. The molecular weight excluding hydrogens is 308 g/mol. The van der Waals surface area contributed by atoms with Crippen molar-refractivity contribution in [1.82, 2.24) is 15.3 Å². The quantitative estimate of drug-likeness (QED) is 0.775. The monoisotopic (exact) mass is 326 g/mol. The van der Waals surface area contributed by atoms with Crippen LogP contribution >= 0.6 is 11.3 Å². The van der Waals surface area contributed by atoms with Gasteiger partial charge in [-0.25, -0.2) is 4.98 Å². The molecule has 2 N–H and O–H groups in total. The van der Waals surface area contributed by atoms with E-state index in [1.54, 1.807) is 17.5 Å². The van der Waals surface area contributed by atoms with Gasteiger partial charge in [-0.05, 0) is 18.9 Å². The lowest BCUT2D eigenvalue weighted by Crippen LogP contribution is -2.40. The summed E-state index contributed by atoms with van der Waals surface area (Å²) in [5.74, 6) is -0.0200. The van der Waals surface area contributed by atoms with Gasteiger partial charge in [0.1, 0.15) is 0 Å². The highest BCUT2D eigenvalue weighted by atomic mass is 32.1. The van der Waals surface area contributed by atoms with Crippen LogP contribution in [0, 0.1) is 0 Å². The van der Waals surface area contributed by atoms with Crippen molar-refractivity contribution in [2.75, 3.05) is 18.0 Å². The Labute approximate surface area is 138 Å². The molecule has 2 aromatic heterocycles. The van der Waals surface area contributed by atoms with Crippen LogP contribution < -0.4 is 10.2 Å². The fourth-order valence-electron chi connectivity index (χ4n) is 3.22. The second kappa shape index (κ2) is 6.04. The van der Waals surface area contributed by atoms with Crippen molar-refractivity contribution in [3.8, 4) is 0 Å². The van der Waals surface area contributed by atoms with Crippen molar-refractivity contribution in [3.63, 3.8) is 0 Å². The number of aromatic amines is 1. The summed E-state index contributed by atoms with van der Waals surface area (Å²) in [5, 5.41) is 7.10. The molecule has 0 radical (unpaired) electrons. The van der Waals surface area contributed by atoms with Gasteiger partial charge >= 0.3 is 0 Å². The number of nitrogens with one attached hydrogen (secondary N) is 2. The summed E-state index contributed by atoms with van der Waals surface area (Å²) < 4.78 is 0. The molecule has 3 heterocycles.